The number of β-lactam (4-membered cyclic amide) rings is 1. The molecule has 1 fully saturated rings. The van der Waals surface area contributed by atoms with Gasteiger partial charge >= 0.3 is 17.9 Å². The van der Waals surface area contributed by atoms with Gasteiger partial charge in [-0.05, 0) is 32.2 Å². The molecule has 3 rings (SSSR count). The fourth-order valence-corrected chi connectivity index (χ4v) is 5.53. The van der Waals surface area contributed by atoms with Crippen LogP contribution in [0.3, 0.4) is 0 Å². The number of hydrogen-bond acceptors (Lipinski definition) is 9. The molecule has 12 heteroatoms. The Hall–Kier alpha value is -2.86. The Kier molecular flexibility index (Phi) is 7.17. The Balaban J connectivity index is 1.78. The Morgan fingerprint density at radius 1 is 1.30 bits per heavy atom. The molecule has 2 N–H and O–H groups in total. The standard InChI is InChI=1S/C21H24N2O8S2/c1-10(24)30-8-11-9-33-18-14(17(26)23(18)15(11)19(27)28)22-16(25)13(12-6-5-7-32-12)20(29)31-21(2,3)4/h5-7,13-14,18H,8-9H2,1-4H3,(H,22,25)(H,27,28)/t13?,14-,18-/m1/s1. The lowest BCUT2D eigenvalue weighted by Crippen LogP contribution is -2.71. The van der Waals surface area contributed by atoms with E-state index in [-0.39, 0.29) is 18.1 Å². The molecule has 2 aliphatic rings. The van der Waals surface area contributed by atoms with Gasteiger partial charge in [0.25, 0.3) is 5.91 Å². The second kappa shape index (κ2) is 9.56. The highest BCUT2D eigenvalue weighted by Crippen LogP contribution is 2.40. The van der Waals surface area contributed by atoms with E-state index < -0.39 is 52.7 Å². The normalized spacial score (nSPS) is 21.0. The summed E-state index contributed by atoms with van der Waals surface area (Å²) in [5.74, 6) is -5.00. The highest BCUT2D eigenvalue weighted by atomic mass is 32.2. The smallest absolute Gasteiger partial charge is 0.352 e. The first-order chi connectivity index (χ1) is 15.4. The van der Waals surface area contributed by atoms with Crippen LogP contribution < -0.4 is 5.32 Å². The van der Waals surface area contributed by atoms with Crippen LogP contribution in [0.15, 0.2) is 28.8 Å². The third-order valence-electron chi connectivity index (χ3n) is 4.73. The summed E-state index contributed by atoms with van der Waals surface area (Å²) in [5.41, 5.74) is -0.769. The molecule has 0 saturated carbocycles. The summed E-state index contributed by atoms with van der Waals surface area (Å²) < 4.78 is 10.3. The Morgan fingerprint density at radius 3 is 2.55 bits per heavy atom. The van der Waals surface area contributed by atoms with Gasteiger partial charge in [-0.3, -0.25) is 24.1 Å². The highest BCUT2D eigenvalue weighted by Gasteiger charge is 2.55. The molecular formula is C21H24N2O8S2. The number of fused-ring (bicyclic) bond motifs is 1. The van der Waals surface area contributed by atoms with E-state index >= 15 is 0 Å². The molecule has 33 heavy (non-hydrogen) atoms. The zero-order chi connectivity index (χ0) is 24.5. The van der Waals surface area contributed by atoms with Crippen LogP contribution in [0.4, 0.5) is 0 Å². The summed E-state index contributed by atoms with van der Waals surface area (Å²) in [7, 11) is 0. The van der Waals surface area contributed by atoms with E-state index in [1.165, 1.54) is 30.0 Å². The molecule has 0 bridgehead atoms. The van der Waals surface area contributed by atoms with Crippen molar-refractivity contribution in [2.24, 2.45) is 0 Å². The molecular weight excluding hydrogens is 472 g/mol. The SMILES string of the molecule is CC(=O)OCC1=C(C(=O)O)N2C(=O)[C@@H](NC(=O)C(C(=O)OC(C)(C)C)c3cccs3)[C@H]2SC1. The minimum atomic E-state index is -1.33. The largest absolute Gasteiger partial charge is 0.477 e. The second-order valence-electron chi connectivity index (χ2n) is 8.42. The van der Waals surface area contributed by atoms with Gasteiger partial charge in [0.2, 0.25) is 5.91 Å². The number of rotatable bonds is 7. The van der Waals surface area contributed by atoms with Crippen LogP contribution >= 0.6 is 23.1 Å². The summed E-state index contributed by atoms with van der Waals surface area (Å²) in [6.45, 7) is 6.03. The number of nitrogens with zero attached hydrogens (tertiary/aromatic N) is 1. The molecule has 1 saturated heterocycles. The lowest BCUT2D eigenvalue weighted by molar-refractivity contribution is -0.160. The number of hydrogen-bond donors (Lipinski definition) is 2. The summed E-state index contributed by atoms with van der Waals surface area (Å²) in [4.78, 5) is 63.1. The van der Waals surface area contributed by atoms with Crippen molar-refractivity contribution in [3.8, 4) is 0 Å². The number of carbonyl (C=O) groups is 5. The first-order valence-corrected chi connectivity index (χ1v) is 11.9. The van der Waals surface area contributed by atoms with E-state index in [1.54, 1.807) is 38.3 Å². The molecule has 1 unspecified atom stereocenters. The monoisotopic (exact) mass is 496 g/mol. The van der Waals surface area contributed by atoms with Crippen molar-refractivity contribution < 1.29 is 38.6 Å². The minimum absolute atomic E-state index is 0.205. The molecule has 1 aromatic heterocycles. The average molecular weight is 497 g/mol. The maximum atomic E-state index is 13.1. The fraction of sp³-hybridized carbons (Fsp3) is 0.476. The molecule has 2 aliphatic heterocycles. The lowest BCUT2D eigenvalue weighted by atomic mass is 10.0. The number of carboxylic acid groups (broad SMARTS) is 1. The fourth-order valence-electron chi connectivity index (χ4n) is 3.39. The highest BCUT2D eigenvalue weighted by molar-refractivity contribution is 8.00. The van der Waals surface area contributed by atoms with E-state index in [0.29, 0.717) is 10.5 Å². The molecule has 10 nitrogen and oxygen atoms in total. The van der Waals surface area contributed by atoms with E-state index in [4.69, 9.17) is 9.47 Å². The van der Waals surface area contributed by atoms with Gasteiger partial charge in [0.05, 0.1) is 0 Å². The summed E-state index contributed by atoms with van der Waals surface area (Å²) in [5, 5.41) is 13.3. The van der Waals surface area contributed by atoms with E-state index in [2.05, 4.69) is 5.32 Å². The zero-order valence-electron chi connectivity index (χ0n) is 18.4. The van der Waals surface area contributed by atoms with Crippen LogP contribution in [-0.2, 0) is 33.4 Å². The zero-order valence-corrected chi connectivity index (χ0v) is 20.1. The maximum absolute atomic E-state index is 13.1. The van der Waals surface area contributed by atoms with Gasteiger partial charge in [0.15, 0.2) is 5.92 Å². The van der Waals surface area contributed by atoms with Crippen molar-refractivity contribution >= 4 is 52.8 Å². The molecule has 3 atom stereocenters. The van der Waals surface area contributed by atoms with Crippen LogP contribution in [0.5, 0.6) is 0 Å². The van der Waals surface area contributed by atoms with Gasteiger partial charge < -0.3 is 19.9 Å². The average Bonchev–Trinajstić information content (AvgIpc) is 3.22. The third kappa shape index (κ3) is 5.38. The van der Waals surface area contributed by atoms with E-state index in [1.807, 2.05) is 0 Å². The number of esters is 2. The van der Waals surface area contributed by atoms with Gasteiger partial charge in [0, 0.05) is 23.1 Å². The Labute approximate surface area is 198 Å². The van der Waals surface area contributed by atoms with Gasteiger partial charge in [-0.1, -0.05) is 6.07 Å². The number of aliphatic carboxylic acids is 1. The van der Waals surface area contributed by atoms with E-state index in [9.17, 15) is 29.1 Å². The van der Waals surface area contributed by atoms with Crippen LogP contribution in [0.1, 0.15) is 38.5 Å². The minimum Gasteiger partial charge on any atom is -0.477 e. The molecule has 0 radical (unpaired) electrons. The predicted molar refractivity (Wildman–Crippen MR) is 119 cm³/mol. The number of ether oxygens (including phenoxy) is 2. The van der Waals surface area contributed by atoms with Crippen LogP contribution in [0.25, 0.3) is 0 Å². The first kappa shape index (κ1) is 24.8. The van der Waals surface area contributed by atoms with Crippen molar-refractivity contribution in [1.82, 2.24) is 10.2 Å². The Morgan fingerprint density at radius 2 is 2.00 bits per heavy atom. The van der Waals surface area contributed by atoms with E-state index in [0.717, 1.165) is 4.90 Å². The summed E-state index contributed by atoms with van der Waals surface area (Å²) in [6.07, 6.45) is 0. The quantitative estimate of drug-likeness (QED) is 0.326. The lowest BCUT2D eigenvalue weighted by Gasteiger charge is -2.49. The second-order valence-corrected chi connectivity index (χ2v) is 10.5. The third-order valence-corrected chi connectivity index (χ3v) is 7.01. The van der Waals surface area contributed by atoms with Gasteiger partial charge in [0.1, 0.15) is 29.3 Å². The maximum Gasteiger partial charge on any atom is 0.352 e. The number of carboxylic acids is 1. The first-order valence-electron chi connectivity index (χ1n) is 10.0. The van der Waals surface area contributed by atoms with Gasteiger partial charge in [-0.25, -0.2) is 4.79 Å². The molecule has 2 amide bonds. The number of thioether (sulfide) groups is 1. The Bertz CT molecular complexity index is 1010. The topological polar surface area (TPSA) is 139 Å². The van der Waals surface area contributed by atoms with Crippen molar-refractivity contribution in [3.63, 3.8) is 0 Å². The van der Waals surface area contributed by atoms with Crippen LogP contribution in [0, 0.1) is 0 Å². The van der Waals surface area contributed by atoms with Crippen molar-refractivity contribution in [3.05, 3.63) is 33.7 Å². The molecule has 0 aliphatic carbocycles. The number of thiophene rings is 1. The molecule has 178 valence electrons. The van der Waals surface area contributed by atoms with Crippen molar-refractivity contribution in [1.29, 1.82) is 0 Å². The van der Waals surface area contributed by atoms with Crippen LogP contribution in [0.2, 0.25) is 0 Å². The molecule has 0 aromatic carbocycles. The number of carbonyl (C=O) groups excluding carboxylic acids is 4. The van der Waals surface area contributed by atoms with Crippen molar-refractivity contribution in [2.45, 2.75) is 50.6 Å². The number of amides is 2. The molecule has 0 spiro atoms. The van der Waals surface area contributed by atoms with Gasteiger partial charge in [-0.15, -0.1) is 23.1 Å². The predicted octanol–water partition coefficient (Wildman–Crippen LogP) is 1.48. The molecule has 3 heterocycles. The summed E-state index contributed by atoms with van der Waals surface area (Å²) >= 11 is 2.45. The number of nitrogens with one attached hydrogen (secondary N) is 1. The van der Waals surface area contributed by atoms with Gasteiger partial charge in [-0.2, -0.15) is 0 Å². The van der Waals surface area contributed by atoms with Crippen LogP contribution in [-0.4, -0.2) is 69.1 Å². The van der Waals surface area contributed by atoms with Crippen molar-refractivity contribution in [2.75, 3.05) is 12.4 Å². The summed E-state index contributed by atoms with van der Waals surface area (Å²) in [6, 6.07) is 2.33. The molecule has 1 aromatic rings.